The number of nitrogens with zero attached hydrogens (tertiary/aromatic N) is 2. The Morgan fingerprint density at radius 2 is 1.72 bits per heavy atom. The van der Waals surface area contributed by atoms with Gasteiger partial charge in [0, 0.05) is 63.7 Å². The molecule has 7 heteroatoms. The predicted molar refractivity (Wildman–Crippen MR) is 101 cm³/mol. The number of amides is 2. The van der Waals surface area contributed by atoms with E-state index in [1.54, 1.807) is 0 Å². The van der Waals surface area contributed by atoms with Crippen molar-refractivity contribution in [3.8, 4) is 0 Å². The summed E-state index contributed by atoms with van der Waals surface area (Å²) in [6.07, 6.45) is 0. The van der Waals surface area contributed by atoms with Gasteiger partial charge < -0.3 is 20.9 Å². The minimum Gasteiger partial charge on any atom is -0.372 e. The lowest BCUT2D eigenvalue weighted by atomic mass is 10.2. The van der Waals surface area contributed by atoms with E-state index in [4.69, 9.17) is 0 Å². The van der Waals surface area contributed by atoms with Crippen LogP contribution in [-0.4, -0.2) is 69.1 Å². The van der Waals surface area contributed by atoms with Crippen LogP contribution in [0.1, 0.15) is 13.8 Å². The highest BCUT2D eigenvalue weighted by atomic mass is 16.2. The van der Waals surface area contributed by atoms with Crippen LogP contribution < -0.4 is 20.9 Å². The van der Waals surface area contributed by atoms with Crippen LogP contribution >= 0.6 is 0 Å². The number of carbonyl (C=O) groups excluding carboxylic acids is 2. The van der Waals surface area contributed by atoms with Gasteiger partial charge in [-0.05, 0) is 38.1 Å². The molecule has 0 atom stereocenters. The first-order chi connectivity index (χ1) is 12.1. The summed E-state index contributed by atoms with van der Waals surface area (Å²) < 4.78 is 0. The van der Waals surface area contributed by atoms with Gasteiger partial charge >= 0.3 is 11.8 Å². The van der Waals surface area contributed by atoms with Crippen molar-refractivity contribution in [3.05, 3.63) is 24.3 Å². The van der Waals surface area contributed by atoms with Gasteiger partial charge in [0.25, 0.3) is 0 Å². The number of carbonyl (C=O) groups is 2. The smallest absolute Gasteiger partial charge is 0.313 e. The largest absolute Gasteiger partial charge is 0.372 e. The van der Waals surface area contributed by atoms with Crippen molar-refractivity contribution >= 4 is 23.2 Å². The predicted octanol–water partition coefficient (Wildman–Crippen LogP) is 0.493. The summed E-state index contributed by atoms with van der Waals surface area (Å²) in [6.45, 7) is 11.2. The standard InChI is InChI=1S/C18H29N5O2/c1-3-23(4-2)16-7-5-15(6-8-16)21-18(25)17(24)20-11-14-22-12-9-19-10-13-22/h5-8,19H,3-4,9-14H2,1-2H3,(H,20,24)(H,21,25). The Kier molecular flexibility index (Phi) is 7.69. The summed E-state index contributed by atoms with van der Waals surface area (Å²) in [7, 11) is 0. The highest BCUT2D eigenvalue weighted by Gasteiger charge is 2.15. The zero-order chi connectivity index (χ0) is 18.1. The molecule has 0 aromatic heterocycles. The van der Waals surface area contributed by atoms with Crippen molar-refractivity contribution in [2.75, 3.05) is 62.6 Å². The molecule has 0 bridgehead atoms. The molecule has 1 aliphatic rings. The zero-order valence-electron chi connectivity index (χ0n) is 15.2. The Balaban J connectivity index is 1.75. The fourth-order valence-electron chi connectivity index (χ4n) is 2.87. The van der Waals surface area contributed by atoms with Crippen LogP contribution in [0.2, 0.25) is 0 Å². The average Bonchev–Trinajstić information content (AvgIpc) is 2.65. The maximum Gasteiger partial charge on any atom is 0.313 e. The minimum atomic E-state index is -0.629. The summed E-state index contributed by atoms with van der Waals surface area (Å²) in [5, 5.41) is 8.60. The molecule has 2 amide bonds. The molecule has 7 nitrogen and oxygen atoms in total. The van der Waals surface area contributed by atoms with E-state index in [0.29, 0.717) is 12.2 Å². The first kappa shape index (κ1) is 19.2. The maximum atomic E-state index is 12.0. The quantitative estimate of drug-likeness (QED) is 0.626. The third-order valence-electron chi connectivity index (χ3n) is 4.38. The molecule has 0 unspecified atom stereocenters. The van der Waals surface area contributed by atoms with E-state index in [0.717, 1.165) is 51.5 Å². The zero-order valence-corrected chi connectivity index (χ0v) is 15.2. The van der Waals surface area contributed by atoms with E-state index in [2.05, 4.69) is 39.6 Å². The van der Waals surface area contributed by atoms with E-state index in [1.165, 1.54) is 0 Å². The van der Waals surface area contributed by atoms with E-state index in [-0.39, 0.29) is 0 Å². The lowest BCUT2D eigenvalue weighted by molar-refractivity contribution is -0.136. The van der Waals surface area contributed by atoms with Crippen LogP contribution in [0, 0.1) is 0 Å². The summed E-state index contributed by atoms with van der Waals surface area (Å²) in [5.74, 6) is -1.22. The molecular formula is C18H29N5O2. The van der Waals surface area contributed by atoms with Gasteiger partial charge in [0.15, 0.2) is 0 Å². The van der Waals surface area contributed by atoms with Crippen LogP contribution in [0.25, 0.3) is 0 Å². The third-order valence-corrected chi connectivity index (χ3v) is 4.38. The van der Waals surface area contributed by atoms with Gasteiger partial charge in [-0.25, -0.2) is 0 Å². The number of anilines is 2. The fraction of sp³-hybridized carbons (Fsp3) is 0.556. The number of rotatable bonds is 7. The molecule has 2 rings (SSSR count). The molecule has 0 radical (unpaired) electrons. The molecule has 1 saturated heterocycles. The van der Waals surface area contributed by atoms with Crippen molar-refractivity contribution in [1.82, 2.24) is 15.5 Å². The second kappa shape index (κ2) is 10.0. The summed E-state index contributed by atoms with van der Waals surface area (Å²) in [6, 6.07) is 7.54. The number of nitrogens with one attached hydrogen (secondary N) is 3. The van der Waals surface area contributed by atoms with Gasteiger partial charge in [-0.3, -0.25) is 14.5 Å². The van der Waals surface area contributed by atoms with Gasteiger partial charge in [0.05, 0.1) is 0 Å². The van der Waals surface area contributed by atoms with Crippen LogP contribution in [-0.2, 0) is 9.59 Å². The molecule has 0 aliphatic carbocycles. The maximum absolute atomic E-state index is 12.0. The SMILES string of the molecule is CCN(CC)c1ccc(NC(=O)C(=O)NCCN2CCNCC2)cc1. The summed E-state index contributed by atoms with van der Waals surface area (Å²) in [4.78, 5) is 28.3. The second-order valence-electron chi connectivity index (χ2n) is 6.02. The Morgan fingerprint density at radius 3 is 2.32 bits per heavy atom. The van der Waals surface area contributed by atoms with Gasteiger partial charge in [-0.2, -0.15) is 0 Å². The third kappa shape index (κ3) is 6.03. The molecule has 138 valence electrons. The van der Waals surface area contributed by atoms with E-state index in [1.807, 2.05) is 24.3 Å². The number of hydrogen-bond donors (Lipinski definition) is 3. The van der Waals surface area contributed by atoms with Gasteiger partial charge in [0.1, 0.15) is 0 Å². The van der Waals surface area contributed by atoms with Crippen LogP contribution in [0.3, 0.4) is 0 Å². The molecule has 25 heavy (non-hydrogen) atoms. The van der Waals surface area contributed by atoms with Crippen molar-refractivity contribution in [2.24, 2.45) is 0 Å². The molecule has 0 spiro atoms. The Hall–Kier alpha value is -2.12. The number of hydrogen-bond acceptors (Lipinski definition) is 5. The molecule has 1 aromatic rings. The van der Waals surface area contributed by atoms with E-state index < -0.39 is 11.8 Å². The molecule has 1 aliphatic heterocycles. The molecule has 1 aromatic carbocycles. The lowest BCUT2D eigenvalue weighted by Crippen LogP contribution is -2.47. The number of benzene rings is 1. The van der Waals surface area contributed by atoms with Crippen molar-refractivity contribution in [3.63, 3.8) is 0 Å². The Morgan fingerprint density at radius 1 is 1.08 bits per heavy atom. The molecular weight excluding hydrogens is 318 g/mol. The monoisotopic (exact) mass is 347 g/mol. The van der Waals surface area contributed by atoms with Crippen molar-refractivity contribution in [1.29, 1.82) is 0 Å². The Bertz CT molecular complexity index is 551. The fourth-order valence-corrected chi connectivity index (χ4v) is 2.87. The van der Waals surface area contributed by atoms with Crippen LogP contribution in [0.4, 0.5) is 11.4 Å². The number of piperazine rings is 1. The molecule has 1 heterocycles. The normalized spacial score (nSPS) is 14.8. The molecule has 1 fully saturated rings. The van der Waals surface area contributed by atoms with Crippen molar-refractivity contribution in [2.45, 2.75) is 13.8 Å². The van der Waals surface area contributed by atoms with Gasteiger partial charge in [-0.15, -0.1) is 0 Å². The Labute approximate surface area is 149 Å². The highest BCUT2D eigenvalue weighted by Crippen LogP contribution is 2.17. The first-order valence-electron chi connectivity index (χ1n) is 9.01. The van der Waals surface area contributed by atoms with Crippen LogP contribution in [0.15, 0.2) is 24.3 Å². The topological polar surface area (TPSA) is 76.7 Å². The first-order valence-corrected chi connectivity index (χ1v) is 9.01. The second-order valence-corrected chi connectivity index (χ2v) is 6.02. The van der Waals surface area contributed by atoms with Gasteiger partial charge in [-0.1, -0.05) is 0 Å². The summed E-state index contributed by atoms with van der Waals surface area (Å²) >= 11 is 0. The highest BCUT2D eigenvalue weighted by molar-refractivity contribution is 6.39. The van der Waals surface area contributed by atoms with Crippen molar-refractivity contribution < 1.29 is 9.59 Å². The van der Waals surface area contributed by atoms with Gasteiger partial charge in [0.2, 0.25) is 0 Å². The van der Waals surface area contributed by atoms with E-state index in [9.17, 15) is 9.59 Å². The summed E-state index contributed by atoms with van der Waals surface area (Å²) in [5.41, 5.74) is 1.72. The minimum absolute atomic E-state index is 0.479. The lowest BCUT2D eigenvalue weighted by Gasteiger charge is -2.26. The van der Waals surface area contributed by atoms with E-state index >= 15 is 0 Å². The molecule has 0 saturated carbocycles. The molecule has 3 N–H and O–H groups in total. The average molecular weight is 347 g/mol. The van der Waals surface area contributed by atoms with Crippen LogP contribution in [0.5, 0.6) is 0 Å².